The van der Waals surface area contributed by atoms with Crippen LogP contribution < -0.4 is 15.6 Å². The van der Waals surface area contributed by atoms with Gasteiger partial charge in [-0.3, -0.25) is 14.1 Å². The Kier molecular flexibility index (Phi) is 9.03. The number of sulfonamides is 1. The number of nitrogens with one attached hydrogen (secondary N) is 2. The molecule has 2 aromatic heterocycles. The predicted octanol–water partition coefficient (Wildman–Crippen LogP) is 5.85. The SMILES string of the molecule is Cc1ccc(CS(=O)(=O)Nc2c(F)cc(-c3cc4cnc(NC5CCC(N(C)C)CC5)nc4n(C(C)C)c3=O)cc2F)cc1. The molecule has 9 nitrogen and oxygen atoms in total. The standard InChI is InChI=1S/C32H38F2N6O3S/c1-19(2)40-30-23(17-35-32(37-30)36-24-10-12-25(13-11-24)39(4)5)14-26(31(40)41)22-15-27(33)29(28(34)16-22)38-44(42,43)18-21-8-6-20(3)7-9-21/h6-9,14-17,19,24-25,38H,10-13,18H2,1-5H3,(H,35,36,37). The Morgan fingerprint density at radius 3 is 2.25 bits per heavy atom. The molecule has 234 valence electrons. The summed E-state index contributed by atoms with van der Waals surface area (Å²) in [7, 11) is 0.0676. The molecule has 44 heavy (non-hydrogen) atoms. The summed E-state index contributed by atoms with van der Waals surface area (Å²) >= 11 is 0. The molecule has 2 aromatic carbocycles. The van der Waals surface area contributed by atoms with E-state index in [2.05, 4.69) is 34.3 Å². The van der Waals surface area contributed by atoms with Crippen molar-refractivity contribution in [3.63, 3.8) is 0 Å². The molecule has 5 rings (SSSR count). The molecule has 0 atom stereocenters. The molecule has 0 bridgehead atoms. The summed E-state index contributed by atoms with van der Waals surface area (Å²) < 4.78 is 59.4. The summed E-state index contributed by atoms with van der Waals surface area (Å²) in [4.78, 5) is 25.1. The Hall–Kier alpha value is -3.90. The van der Waals surface area contributed by atoms with Crippen molar-refractivity contribution < 1.29 is 17.2 Å². The summed E-state index contributed by atoms with van der Waals surface area (Å²) in [5, 5.41) is 3.94. The van der Waals surface area contributed by atoms with Crippen LogP contribution in [0, 0.1) is 18.6 Å². The van der Waals surface area contributed by atoms with Gasteiger partial charge < -0.3 is 10.2 Å². The van der Waals surface area contributed by atoms with Gasteiger partial charge in [0.2, 0.25) is 16.0 Å². The van der Waals surface area contributed by atoms with Gasteiger partial charge in [0.1, 0.15) is 11.3 Å². The number of benzene rings is 2. The van der Waals surface area contributed by atoms with Gasteiger partial charge in [-0.2, -0.15) is 4.98 Å². The topological polar surface area (TPSA) is 109 Å². The first-order valence-electron chi connectivity index (χ1n) is 14.7. The summed E-state index contributed by atoms with van der Waals surface area (Å²) in [5.41, 5.74) is 0.586. The van der Waals surface area contributed by atoms with Crippen molar-refractivity contribution in [2.75, 3.05) is 24.1 Å². The Labute approximate surface area is 256 Å². The van der Waals surface area contributed by atoms with Gasteiger partial charge in [0.15, 0.2) is 11.6 Å². The largest absolute Gasteiger partial charge is 0.351 e. The van der Waals surface area contributed by atoms with Crippen LogP contribution in [0.5, 0.6) is 0 Å². The van der Waals surface area contributed by atoms with Gasteiger partial charge >= 0.3 is 0 Å². The van der Waals surface area contributed by atoms with Gasteiger partial charge in [-0.15, -0.1) is 0 Å². The van der Waals surface area contributed by atoms with E-state index in [0.29, 0.717) is 28.6 Å². The summed E-state index contributed by atoms with van der Waals surface area (Å²) in [6.45, 7) is 5.53. The highest BCUT2D eigenvalue weighted by Gasteiger charge is 2.24. The third kappa shape index (κ3) is 6.91. The molecule has 1 fully saturated rings. The quantitative estimate of drug-likeness (QED) is 0.240. The first-order valence-corrected chi connectivity index (χ1v) is 16.4. The van der Waals surface area contributed by atoms with Gasteiger partial charge in [-0.25, -0.2) is 22.2 Å². The lowest BCUT2D eigenvalue weighted by Crippen LogP contribution is -2.36. The predicted molar refractivity (Wildman–Crippen MR) is 170 cm³/mol. The lowest BCUT2D eigenvalue weighted by Gasteiger charge is -2.33. The zero-order chi connectivity index (χ0) is 31.8. The molecule has 2 heterocycles. The van der Waals surface area contributed by atoms with E-state index in [1.807, 2.05) is 25.5 Å². The average Bonchev–Trinajstić information content (AvgIpc) is 2.95. The van der Waals surface area contributed by atoms with E-state index in [1.165, 1.54) is 10.6 Å². The molecule has 1 aliphatic carbocycles. The van der Waals surface area contributed by atoms with Crippen molar-refractivity contribution in [2.45, 2.75) is 70.3 Å². The highest BCUT2D eigenvalue weighted by atomic mass is 32.2. The zero-order valence-corrected chi connectivity index (χ0v) is 26.4. The van der Waals surface area contributed by atoms with E-state index in [9.17, 15) is 13.2 Å². The summed E-state index contributed by atoms with van der Waals surface area (Å²) in [5.74, 6) is -2.30. The first-order chi connectivity index (χ1) is 20.8. The fraction of sp³-hybridized carbons (Fsp3) is 0.406. The number of rotatable bonds is 9. The minimum absolute atomic E-state index is 0.0253. The van der Waals surface area contributed by atoms with Crippen LogP contribution in [0.15, 0.2) is 53.5 Å². The van der Waals surface area contributed by atoms with Gasteiger partial charge in [0.25, 0.3) is 5.56 Å². The van der Waals surface area contributed by atoms with Crippen LogP contribution in [0.1, 0.15) is 56.7 Å². The normalized spacial score (nSPS) is 17.4. The zero-order valence-electron chi connectivity index (χ0n) is 25.6. The number of aromatic nitrogens is 3. The third-order valence-electron chi connectivity index (χ3n) is 8.14. The maximum Gasteiger partial charge on any atom is 0.260 e. The van der Waals surface area contributed by atoms with Gasteiger partial charge in [-0.05, 0) is 89.9 Å². The van der Waals surface area contributed by atoms with Gasteiger partial charge in [0, 0.05) is 35.3 Å². The van der Waals surface area contributed by atoms with Crippen molar-refractivity contribution >= 4 is 32.7 Å². The lowest BCUT2D eigenvalue weighted by molar-refractivity contribution is 0.221. The van der Waals surface area contributed by atoms with E-state index >= 15 is 8.78 Å². The fourth-order valence-electron chi connectivity index (χ4n) is 5.72. The molecule has 0 unspecified atom stereocenters. The number of fused-ring (bicyclic) bond motifs is 1. The van der Waals surface area contributed by atoms with Crippen molar-refractivity contribution in [2.24, 2.45) is 0 Å². The van der Waals surface area contributed by atoms with E-state index < -0.39 is 38.7 Å². The minimum Gasteiger partial charge on any atom is -0.351 e. The second-order valence-corrected chi connectivity index (χ2v) is 13.8. The lowest BCUT2D eigenvalue weighted by atomic mass is 9.91. The van der Waals surface area contributed by atoms with Crippen LogP contribution in [0.25, 0.3) is 22.2 Å². The van der Waals surface area contributed by atoms with Crippen LogP contribution in [0.2, 0.25) is 0 Å². The van der Waals surface area contributed by atoms with E-state index in [4.69, 9.17) is 0 Å². The van der Waals surface area contributed by atoms with Crippen LogP contribution >= 0.6 is 0 Å². The second-order valence-electron chi connectivity index (χ2n) is 12.1. The number of nitrogens with zero attached hydrogens (tertiary/aromatic N) is 4. The Morgan fingerprint density at radius 1 is 1.02 bits per heavy atom. The van der Waals surface area contributed by atoms with Crippen LogP contribution in [-0.2, 0) is 15.8 Å². The molecule has 4 aromatic rings. The number of anilines is 2. The molecular formula is C32H38F2N6O3S. The molecule has 1 saturated carbocycles. The highest BCUT2D eigenvalue weighted by Crippen LogP contribution is 2.30. The van der Waals surface area contributed by atoms with Crippen LogP contribution in [-0.4, -0.2) is 54.0 Å². The monoisotopic (exact) mass is 624 g/mol. The summed E-state index contributed by atoms with van der Waals surface area (Å²) in [6, 6.07) is 10.7. The molecule has 0 amide bonds. The average molecular weight is 625 g/mol. The fourth-order valence-corrected chi connectivity index (χ4v) is 6.93. The van der Waals surface area contributed by atoms with Crippen LogP contribution in [0.3, 0.4) is 0 Å². The highest BCUT2D eigenvalue weighted by molar-refractivity contribution is 7.91. The first kappa shape index (κ1) is 31.5. The molecule has 0 aliphatic heterocycles. The second kappa shape index (κ2) is 12.6. The van der Waals surface area contributed by atoms with Crippen molar-refractivity contribution in [1.82, 2.24) is 19.4 Å². The maximum absolute atomic E-state index is 15.3. The number of hydrogen-bond donors (Lipinski definition) is 2. The number of pyridine rings is 1. The number of hydrogen-bond acceptors (Lipinski definition) is 7. The number of aryl methyl sites for hydroxylation is 1. The van der Waals surface area contributed by atoms with Gasteiger partial charge in [-0.1, -0.05) is 29.8 Å². The van der Waals surface area contributed by atoms with E-state index in [-0.39, 0.29) is 23.2 Å². The maximum atomic E-state index is 15.3. The molecule has 0 spiro atoms. The van der Waals surface area contributed by atoms with E-state index in [1.54, 1.807) is 30.5 Å². The van der Waals surface area contributed by atoms with Crippen molar-refractivity contribution in [3.05, 3.63) is 81.8 Å². The molecular weight excluding hydrogens is 586 g/mol. The Bertz CT molecular complexity index is 1810. The van der Waals surface area contributed by atoms with Crippen LogP contribution in [0.4, 0.5) is 20.4 Å². The molecule has 0 saturated heterocycles. The number of halogens is 2. The smallest absolute Gasteiger partial charge is 0.260 e. The molecule has 2 N–H and O–H groups in total. The Balaban J connectivity index is 1.43. The van der Waals surface area contributed by atoms with Gasteiger partial charge in [0.05, 0.1) is 5.75 Å². The Morgan fingerprint density at radius 2 is 1.66 bits per heavy atom. The van der Waals surface area contributed by atoms with Crippen molar-refractivity contribution in [3.8, 4) is 11.1 Å². The minimum atomic E-state index is -4.12. The third-order valence-corrected chi connectivity index (χ3v) is 9.37. The molecule has 1 aliphatic rings. The summed E-state index contributed by atoms with van der Waals surface area (Å²) in [6.07, 6.45) is 5.69. The molecule has 12 heteroatoms. The molecule has 0 radical (unpaired) electrons. The van der Waals surface area contributed by atoms with E-state index in [0.717, 1.165) is 43.4 Å². The van der Waals surface area contributed by atoms with Crippen molar-refractivity contribution in [1.29, 1.82) is 0 Å².